The van der Waals surface area contributed by atoms with E-state index in [1.54, 1.807) is 14.2 Å². The Morgan fingerprint density at radius 3 is 2.06 bits per heavy atom. The molecule has 0 N–H and O–H groups in total. The molecule has 0 atom stereocenters. The van der Waals surface area contributed by atoms with Crippen LogP contribution >= 0.6 is 15.9 Å². The zero-order valence-electron chi connectivity index (χ0n) is 9.21. The molecule has 0 amide bonds. The summed E-state index contributed by atoms with van der Waals surface area (Å²) in [6.07, 6.45) is 1.75. The maximum absolute atomic E-state index is 9.25. The first kappa shape index (κ1) is 11.3. The molecule has 0 bridgehead atoms. The van der Waals surface area contributed by atoms with Gasteiger partial charge in [0.05, 0.1) is 31.3 Å². The van der Waals surface area contributed by atoms with Gasteiger partial charge in [-0.15, -0.1) is 0 Å². The van der Waals surface area contributed by atoms with Crippen LogP contribution in [0.25, 0.3) is 0 Å². The van der Waals surface area contributed by atoms with E-state index >= 15 is 0 Å². The van der Waals surface area contributed by atoms with E-state index in [1.165, 1.54) is 0 Å². The SMILES string of the molecule is COc1cc(Br)cc(OC)c1C1(C#N)CC1. The fraction of sp³-hybridized carbons (Fsp3) is 0.417. The highest BCUT2D eigenvalue weighted by Crippen LogP contribution is 2.54. The standard InChI is InChI=1S/C12H12BrNO2/c1-15-9-5-8(13)6-10(16-2)11(9)12(7-14)3-4-12/h5-6H,3-4H2,1-2H3. The zero-order chi connectivity index (χ0) is 11.8. The molecule has 1 aromatic rings. The van der Waals surface area contributed by atoms with E-state index in [9.17, 15) is 5.26 Å². The number of ether oxygens (including phenoxy) is 2. The first-order chi connectivity index (χ1) is 7.66. The van der Waals surface area contributed by atoms with E-state index in [4.69, 9.17) is 9.47 Å². The van der Waals surface area contributed by atoms with Crippen molar-refractivity contribution in [2.45, 2.75) is 18.3 Å². The Hall–Kier alpha value is -1.21. The summed E-state index contributed by atoms with van der Waals surface area (Å²) in [5, 5.41) is 9.25. The number of benzene rings is 1. The number of hydrogen-bond donors (Lipinski definition) is 0. The van der Waals surface area contributed by atoms with Crippen LogP contribution in [-0.2, 0) is 5.41 Å². The van der Waals surface area contributed by atoms with Gasteiger partial charge in [0.25, 0.3) is 0 Å². The molecule has 4 heteroatoms. The highest BCUT2D eigenvalue weighted by Gasteiger charge is 2.49. The Morgan fingerprint density at radius 2 is 1.75 bits per heavy atom. The van der Waals surface area contributed by atoms with Gasteiger partial charge in [-0.1, -0.05) is 15.9 Å². The van der Waals surface area contributed by atoms with E-state index in [0.29, 0.717) is 11.5 Å². The van der Waals surface area contributed by atoms with Crippen LogP contribution in [0.15, 0.2) is 16.6 Å². The first-order valence-electron chi connectivity index (χ1n) is 5.00. The molecule has 0 radical (unpaired) electrons. The number of hydrogen-bond acceptors (Lipinski definition) is 3. The number of halogens is 1. The minimum absolute atomic E-state index is 0.405. The van der Waals surface area contributed by atoms with E-state index in [1.807, 2.05) is 12.1 Å². The molecule has 1 aromatic carbocycles. The monoisotopic (exact) mass is 281 g/mol. The number of rotatable bonds is 3. The summed E-state index contributed by atoms with van der Waals surface area (Å²) >= 11 is 3.39. The minimum Gasteiger partial charge on any atom is -0.496 e. The second-order valence-corrected chi connectivity index (χ2v) is 4.79. The lowest BCUT2D eigenvalue weighted by Crippen LogP contribution is -2.08. The number of nitrogens with zero attached hydrogens (tertiary/aromatic N) is 1. The van der Waals surface area contributed by atoms with Crippen LogP contribution in [0.5, 0.6) is 11.5 Å². The first-order valence-corrected chi connectivity index (χ1v) is 5.79. The molecule has 0 saturated heterocycles. The predicted octanol–water partition coefficient (Wildman–Crippen LogP) is 3.02. The summed E-state index contributed by atoms with van der Waals surface area (Å²) in [7, 11) is 3.22. The molecule has 2 rings (SSSR count). The average molecular weight is 282 g/mol. The van der Waals surface area contributed by atoms with Crippen molar-refractivity contribution in [2.75, 3.05) is 14.2 Å². The molecule has 0 unspecified atom stereocenters. The fourth-order valence-electron chi connectivity index (χ4n) is 1.89. The Balaban J connectivity index is 2.62. The molecule has 1 saturated carbocycles. The van der Waals surface area contributed by atoms with E-state index in [0.717, 1.165) is 22.9 Å². The van der Waals surface area contributed by atoms with Crippen molar-refractivity contribution in [2.24, 2.45) is 0 Å². The molecule has 16 heavy (non-hydrogen) atoms. The molecular weight excluding hydrogens is 270 g/mol. The van der Waals surface area contributed by atoms with Crippen LogP contribution in [0.4, 0.5) is 0 Å². The Labute approximate surface area is 103 Å². The molecule has 84 valence electrons. The average Bonchev–Trinajstić information content (AvgIpc) is 3.08. The maximum atomic E-state index is 9.25. The third-order valence-corrected chi connectivity index (χ3v) is 3.37. The van der Waals surface area contributed by atoms with Gasteiger partial charge in [0.2, 0.25) is 0 Å². The highest BCUT2D eigenvalue weighted by molar-refractivity contribution is 9.10. The summed E-state index contributed by atoms with van der Waals surface area (Å²) < 4.78 is 11.6. The zero-order valence-corrected chi connectivity index (χ0v) is 10.8. The summed E-state index contributed by atoms with van der Waals surface area (Å²) in [4.78, 5) is 0. The van der Waals surface area contributed by atoms with E-state index in [2.05, 4.69) is 22.0 Å². The highest BCUT2D eigenvalue weighted by atomic mass is 79.9. The van der Waals surface area contributed by atoms with Gasteiger partial charge in [0, 0.05) is 4.47 Å². The van der Waals surface area contributed by atoms with Crippen LogP contribution in [0.1, 0.15) is 18.4 Å². The predicted molar refractivity (Wildman–Crippen MR) is 63.8 cm³/mol. The Kier molecular flexibility index (Phi) is 2.81. The van der Waals surface area contributed by atoms with Crippen molar-refractivity contribution in [3.63, 3.8) is 0 Å². The molecule has 1 aliphatic carbocycles. The quantitative estimate of drug-likeness (QED) is 0.855. The number of methoxy groups -OCH3 is 2. The van der Waals surface area contributed by atoms with Gasteiger partial charge in [0.1, 0.15) is 11.5 Å². The molecular formula is C12H12BrNO2. The van der Waals surface area contributed by atoms with Crippen LogP contribution in [0.2, 0.25) is 0 Å². The fourth-order valence-corrected chi connectivity index (χ4v) is 2.31. The largest absolute Gasteiger partial charge is 0.496 e. The summed E-state index contributed by atoms with van der Waals surface area (Å²) in [5.74, 6) is 1.43. The Bertz CT molecular complexity index is 436. The smallest absolute Gasteiger partial charge is 0.128 e. The van der Waals surface area contributed by atoms with Crippen LogP contribution < -0.4 is 9.47 Å². The number of nitriles is 1. The van der Waals surface area contributed by atoms with Crippen molar-refractivity contribution >= 4 is 15.9 Å². The van der Waals surface area contributed by atoms with Crippen molar-refractivity contribution in [3.8, 4) is 17.6 Å². The molecule has 1 aliphatic rings. The molecule has 1 fully saturated rings. The molecule has 3 nitrogen and oxygen atoms in total. The summed E-state index contributed by atoms with van der Waals surface area (Å²) in [5.41, 5.74) is 0.473. The van der Waals surface area contributed by atoms with E-state index < -0.39 is 5.41 Å². The summed E-state index contributed by atoms with van der Waals surface area (Å²) in [6, 6.07) is 6.10. The van der Waals surface area contributed by atoms with Gasteiger partial charge in [-0.2, -0.15) is 5.26 Å². The van der Waals surface area contributed by atoms with Crippen LogP contribution in [0, 0.1) is 11.3 Å². The molecule has 0 heterocycles. The van der Waals surface area contributed by atoms with Gasteiger partial charge in [-0.3, -0.25) is 0 Å². The minimum atomic E-state index is -0.405. The van der Waals surface area contributed by atoms with Crippen molar-refractivity contribution in [1.29, 1.82) is 5.26 Å². The molecule has 0 spiro atoms. The van der Waals surface area contributed by atoms with Gasteiger partial charge < -0.3 is 9.47 Å². The van der Waals surface area contributed by atoms with Gasteiger partial charge in [-0.05, 0) is 25.0 Å². The van der Waals surface area contributed by atoms with E-state index in [-0.39, 0.29) is 0 Å². The van der Waals surface area contributed by atoms with Gasteiger partial charge in [-0.25, -0.2) is 0 Å². The lowest BCUT2D eigenvalue weighted by atomic mass is 9.95. The second-order valence-electron chi connectivity index (χ2n) is 3.88. The van der Waals surface area contributed by atoms with Gasteiger partial charge in [0.15, 0.2) is 0 Å². The maximum Gasteiger partial charge on any atom is 0.128 e. The topological polar surface area (TPSA) is 42.2 Å². The third-order valence-electron chi connectivity index (χ3n) is 2.91. The molecule has 0 aromatic heterocycles. The lowest BCUT2D eigenvalue weighted by molar-refractivity contribution is 0.381. The lowest BCUT2D eigenvalue weighted by Gasteiger charge is -2.16. The second kappa shape index (κ2) is 3.99. The van der Waals surface area contributed by atoms with Crippen molar-refractivity contribution in [3.05, 3.63) is 22.2 Å². The summed E-state index contributed by atoms with van der Waals surface area (Å²) in [6.45, 7) is 0. The van der Waals surface area contributed by atoms with Crippen LogP contribution in [0.3, 0.4) is 0 Å². The third kappa shape index (κ3) is 1.65. The normalized spacial score (nSPS) is 16.4. The van der Waals surface area contributed by atoms with Gasteiger partial charge >= 0.3 is 0 Å². The van der Waals surface area contributed by atoms with Crippen molar-refractivity contribution in [1.82, 2.24) is 0 Å². The van der Waals surface area contributed by atoms with Crippen LogP contribution in [-0.4, -0.2) is 14.2 Å². The molecule has 0 aliphatic heterocycles. The van der Waals surface area contributed by atoms with Crippen molar-refractivity contribution < 1.29 is 9.47 Å². The Morgan fingerprint density at radius 1 is 1.25 bits per heavy atom.